The van der Waals surface area contributed by atoms with Crippen molar-refractivity contribution in [3.05, 3.63) is 0 Å². The van der Waals surface area contributed by atoms with Crippen molar-refractivity contribution in [1.29, 1.82) is 0 Å². The van der Waals surface area contributed by atoms with E-state index in [-0.39, 0.29) is 6.04 Å². The molecule has 0 aromatic heterocycles. The predicted octanol–water partition coefficient (Wildman–Crippen LogP) is 0.779. The fraction of sp³-hybridized carbons (Fsp3) is 0.909. The molecule has 3 unspecified atom stereocenters. The smallest absolute Gasteiger partial charge is 0.322 e. The SMILES string of the molecule is CCC(C)C(C)N1CCNCC1C(=O)O. The van der Waals surface area contributed by atoms with Gasteiger partial charge in [0.2, 0.25) is 0 Å². The van der Waals surface area contributed by atoms with Gasteiger partial charge in [-0.25, -0.2) is 0 Å². The van der Waals surface area contributed by atoms with Crippen LogP contribution in [0, 0.1) is 5.92 Å². The lowest BCUT2D eigenvalue weighted by molar-refractivity contribution is -0.145. The summed E-state index contributed by atoms with van der Waals surface area (Å²) in [7, 11) is 0. The maximum absolute atomic E-state index is 11.1. The van der Waals surface area contributed by atoms with Crippen molar-refractivity contribution < 1.29 is 9.90 Å². The summed E-state index contributed by atoms with van der Waals surface area (Å²) in [4.78, 5) is 13.2. The maximum Gasteiger partial charge on any atom is 0.322 e. The van der Waals surface area contributed by atoms with Gasteiger partial charge < -0.3 is 10.4 Å². The van der Waals surface area contributed by atoms with Gasteiger partial charge in [0.15, 0.2) is 0 Å². The average molecular weight is 214 g/mol. The zero-order valence-electron chi connectivity index (χ0n) is 9.86. The number of rotatable bonds is 4. The zero-order chi connectivity index (χ0) is 11.4. The summed E-state index contributed by atoms with van der Waals surface area (Å²) in [6.45, 7) is 8.77. The van der Waals surface area contributed by atoms with Crippen LogP contribution in [0.5, 0.6) is 0 Å². The molecule has 0 spiro atoms. The fourth-order valence-corrected chi connectivity index (χ4v) is 2.10. The summed E-state index contributed by atoms with van der Waals surface area (Å²) >= 11 is 0. The number of nitrogens with zero attached hydrogens (tertiary/aromatic N) is 1. The van der Waals surface area contributed by atoms with Gasteiger partial charge in [0.05, 0.1) is 0 Å². The molecule has 1 aliphatic heterocycles. The number of aliphatic carboxylic acids is 1. The lowest BCUT2D eigenvalue weighted by atomic mass is 9.97. The first-order valence-corrected chi connectivity index (χ1v) is 5.77. The largest absolute Gasteiger partial charge is 0.480 e. The number of nitrogens with one attached hydrogen (secondary N) is 1. The molecule has 1 heterocycles. The molecule has 2 N–H and O–H groups in total. The Balaban J connectivity index is 2.67. The minimum absolute atomic E-state index is 0.346. The minimum Gasteiger partial charge on any atom is -0.480 e. The van der Waals surface area contributed by atoms with Crippen molar-refractivity contribution >= 4 is 5.97 Å². The molecule has 3 atom stereocenters. The van der Waals surface area contributed by atoms with E-state index in [4.69, 9.17) is 5.11 Å². The quantitative estimate of drug-likeness (QED) is 0.726. The Kier molecular flexibility index (Phi) is 4.54. The molecule has 1 saturated heterocycles. The second-order valence-corrected chi connectivity index (χ2v) is 4.42. The Bertz CT molecular complexity index is 221. The third-order valence-electron chi connectivity index (χ3n) is 3.56. The molecule has 1 rings (SSSR count). The highest BCUT2D eigenvalue weighted by Gasteiger charge is 2.32. The van der Waals surface area contributed by atoms with E-state index in [1.807, 2.05) is 0 Å². The van der Waals surface area contributed by atoms with E-state index in [1.54, 1.807) is 0 Å². The van der Waals surface area contributed by atoms with Crippen LogP contribution in [0.4, 0.5) is 0 Å². The van der Waals surface area contributed by atoms with E-state index >= 15 is 0 Å². The monoisotopic (exact) mass is 214 g/mol. The van der Waals surface area contributed by atoms with Crippen LogP contribution in [-0.2, 0) is 4.79 Å². The van der Waals surface area contributed by atoms with E-state index in [2.05, 4.69) is 31.0 Å². The van der Waals surface area contributed by atoms with Crippen LogP contribution in [-0.4, -0.2) is 47.7 Å². The fourth-order valence-electron chi connectivity index (χ4n) is 2.10. The highest BCUT2D eigenvalue weighted by Crippen LogP contribution is 2.18. The summed E-state index contributed by atoms with van der Waals surface area (Å²) < 4.78 is 0. The number of piperazine rings is 1. The Morgan fingerprint density at radius 3 is 2.80 bits per heavy atom. The highest BCUT2D eigenvalue weighted by molar-refractivity contribution is 5.74. The third kappa shape index (κ3) is 2.92. The van der Waals surface area contributed by atoms with E-state index in [1.165, 1.54) is 0 Å². The van der Waals surface area contributed by atoms with Gasteiger partial charge in [-0.2, -0.15) is 0 Å². The first-order chi connectivity index (χ1) is 7.07. The number of carboxylic acids is 1. The van der Waals surface area contributed by atoms with Gasteiger partial charge in [-0.15, -0.1) is 0 Å². The average Bonchev–Trinajstić information content (AvgIpc) is 2.27. The topological polar surface area (TPSA) is 52.6 Å². The lowest BCUT2D eigenvalue weighted by Crippen LogP contribution is -2.58. The van der Waals surface area contributed by atoms with Gasteiger partial charge >= 0.3 is 5.97 Å². The van der Waals surface area contributed by atoms with Gasteiger partial charge in [0.25, 0.3) is 0 Å². The Morgan fingerprint density at radius 1 is 1.60 bits per heavy atom. The molecule has 0 amide bonds. The Hall–Kier alpha value is -0.610. The van der Waals surface area contributed by atoms with Gasteiger partial charge in [0, 0.05) is 25.7 Å². The molecule has 0 aromatic carbocycles. The summed E-state index contributed by atoms with van der Waals surface area (Å²) in [5.74, 6) is -0.165. The van der Waals surface area contributed by atoms with Crippen molar-refractivity contribution in [2.24, 2.45) is 5.92 Å². The normalized spacial score (nSPS) is 27.3. The molecule has 1 aliphatic rings. The minimum atomic E-state index is -0.711. The van der Waals surface area contributed by atoms with Gasteiger partial charge in [-0.3, -0.25) is 9.69 Å². The molecule has 0 bridgehead atoms. The number of carbonyl (C=O) groups is 1. The van der Waals surface area contributed by atoms with Gasteiger partial charge in [-0.05, 0) is 12.8 Å². The Morgan fingerprint density at radius 2 is 2.27 bits per heavy atom. The zero-order valence-corrected chi connectivity index (χ0v) is 9.86. The van der Waals surface area contributed by atoms with Crippen LogP contribution >= 0.6 is 0 Å². The van der Waals surface area contributed by atoms with Crippen LogP contribution in [0.2, 0.25) is 0 Å². The second-order valence-electron chi connectivity index (χ2n) is 4.42. The summed E-state index contributed by atoms with van der Waals surface area (Å²) in [5.41, 5.74) is 0. The van der Waals surface area contributed by atoms with Gasteiger partial charge in [-0.1, -0.05) is 20.3 Å². The molecule has 0 aliphatic carbocycles. The first-order valence-electron chi connectivity index (χ1n) is 5.77. The molecular formula is C11H22N2O2. The predicted molar refractivity (Wildman–Crippen MR) is 59.9 cm³/mol. The number of hydrogen-bond donors (Lipinski definition) is 2. The van der Waals surface area contributed by atoms with E-state index in [0.29, 0.717) is 18.5 Å². The summed E-state index contributed by atoms with van der Waals surface area (Å²) in [6.07, 6.45) is 1.09. The highest BCUT2D eigenvalue weighted by atomic mass is 16.4. The Labute approximate surface area is 91.6 Å². The third-order valence-corrected chi connectivity index (χ3v) is 3.56. The molecule has 4 heteroatoms. The van der Waals surface area contributed by atoms with E-state index < -0.39 is 5.97 Å². The van der Waals surface area contributed by atoms with Crippen LogP contribution < -0.4 is 5.32 Å². The van der Waals surface area contributed by atoms with E-state index in [0.717, 1.165) is 19.5 Å². The van der Waals surface area contributed by atoms with Crippen molar-refractivity contribution in [3.63, 3.8) is 0 Å². The molecule has 88 valence electrons. The summed E-state index contributed by atoms with van der Waals surface area (Å²) in [6, 6.07) is -0.0130. The molecule has 0 aromatic rings. The van der Waals surface area contributed by atoms with E-state index in [9.17, 15) is 4.79 Å². The first kappa shape index (κ1) is 12.5. The van der Waals surface area contributed by atoms with Crippen LogP contribution in [0.15, 0.2) is 0 Å². The number of hydrogen-bond acceptors (Lipinski definition) is 3. The van der Waals surface area contributed by atoms with Gasteiger partial charge in [0.1, 0.15) is 6.04 Å². The van der Waals surface area contributed by atoms with Crippen molar-refractivity contribution in [2.75, 3.05) is 19.6 Å². The van der Waals surface area contributed by atoms with Crippen molar-refractivity contribution in [2.45, 2.75) is 39.3 Å². The van der Waals surface area contributed by atoms with Crippen molar-refractivity contribution in [1.82, 2.24) is 10.2 Å². The molecule has 15 heavy (non-hydrogen) atoms. The maximum atomic E-state index is 11.1. The standard InChI is InChI=1S/C11H22N2O2/c1-4-8(2)9(3)13-6-5-12-7-10(13)11(14)15/h8-10,12H,4-7H2,1-3H3,(H,14,15). The van der Waals surface area contributed by atoms with Crippen LogP contribution in [0.25, 0.3) is 0 Å². The molecule has 4 nitrogen and oxygen atoms in total. The summed E-state index contributed by atoms with van der Waals surface area (Å²) in [5, 5.41) is 12.3. The van der Waals surface area contributed by atoms with Crippen LogP contribution in [0.3, 0.4) is 0 Å². The van der Waals surface area contributed by atoms with Crippen LogP contribution in [0.1, 0.15) is 27.2 Å². The number of carboxylic acid groups (broad SMARTS) is 1. The lowest BCUT2D eigenvalue weighted by Gasteiger charge is -2.40. The second kappa shape index (κ2) is 5.47. The molecule has 1 fully saturated rings. The molecular weight excluding hydrogens is 192 g/mol. The molecule has 0 radical (unpaired) electrons. The van der Waals surface area contributed by atoms with Crippen molar-refractivity contribution in [3.8, 4) is 0 Å². The molecule has 0 saturated carbocycles.